The van der Waals surface area contributed by atoms with Crippen LogP contribution in [0, 0.1) is 0 Å². The Labute approximate surface area is 199 Å². The zero-order valence-electron chi connectivity index (χ0n) is 18.6. The van der Waals surface area contributed by atoms with Gasteiger partial charge >= 0.3 is 0 Å². The predicted octanol–water partition coefficient (Wildman–Crippen LogP) is 5.70. The first-order valence-corrected chi connectivity index (χ1v) is 12.5. The molecule has 0 radical (unpaired) electrons. The van der Waals surface area contributed by atoms with Gasteiger partial charge in [0.15, 0.2) is 5.75 Å². The highest BCUT2D eigenvalue weighted by molar-refractivity contribution is 7.92. The molecule has 0 aromatic heterocycles. The molecule has 0 unspecified atom stereocenters. The minimum absolute atomic E-state index is 0.165. The fourth-order valence-corrected chi connectivity index (χ4v) is 4.28. The predicted molar refractivity (Wildman–Crippen MR) is 135 cm³/mol. The first kappa shape index (κ1) is 23.1. The summed E-state index contributed by atoms with van der Waals surface area (Å²) in [5.74, 6) is 0.909. The number of carbonyl (C=O) groups excluding carboxylic acids is 1. The van der Waals surface area contributed by atoms with Crippen molar-refractivity contribution in [1.29, 1.82) is 0 Å². The Kier molecular flexibility index (Phi) is 6.94. The molecule has 7 heteroatoms. The lowest BCUT2D eigenvalue weighted by Gasteiger charge is -2.22. The summed E-state index contributed by atoms with van der Waals surface area (Å²) in [7, 11) is -3.47. The molecule has 0 spiro atoms. The number of amides is 1. The van der Waals surface area contributed by atoms with Crippen LogP contribution in [0.2, 0.25) is 0 Å². The monoisotopic (exact) mass is 472 g/mol. The molecule has 0 saturated heterocycles. The van der Waals surface area contributed by atoms with Crippen LogP contribution in [0.15, 0.2) is 109 Å². The quantitative estimate of drug-likeness (QED) is 0.357. The average Bonchev–Trinajstić information content (AvgIpc) is 2.84. The third-order valence-electron chi connectivity index (χ3n) is 5.09. The van der Waals surface area contributed by atoms with E-state index in [1.807, 2.05) is 48.5 Å². The Balaban J connectivity index is 1.48. The van der Waals surface area contributed by atoms with Gasteiger partial charge in [-0.25, -0.2) is 8.42 Å². The molecule has 1 amide bonds. The van der Waals surface area contributed by atoms with Crippen LogP contribution in [0.25, 0.3) is 0 Å². The number of benzene rings is 4. The van der Waals surface area contributed by atoms with E-state index < -0.39 is 10.0 Å². The number of para-hydroxylation sites is 4. The molecular formula is C27H24N2O4S. The van der Waals surface area contributed by atoms with Crippen LogP contribution in [-0.4, -0.2) is 20.6 Å². The maximum absolute atomic E-state index is 12.9. The number of nitrogens with one attached hydrogen (secondary N) is 1. The zero-order chi connectivity index (χ0) is 24.0. The molecule has 6 nitrogen and oxygen atoms in total. The highest BCUT2D eigenvalue weighted by atomic mass is 32.2. The molecule has 1 N–H and O–H groups in total. The molecule has 4 rings (SSSR count). The summed E-state index contributed by atoms with van der Waals surface area (Å²) >= 11 is 0. The lowest BCUT2D eigenvalue weighted by Crippen LogP contribution is -2.29. The Hall–Kier alpha value is -4.10. The maximum atomic E-state index is 12.9. The van der Waals surface area contributed by atoms with Gasteiger partial charge in [-0.2, -0.15) is 0 Å². The van der Waals surface area contributed by atoms with Crippen molar-refractivity contribution in [2.75, 3.05) is 15.9 Å². The summed E-state index contributed by atoms with van der Waals surface area (Å²) in [6.45, 7) is 0.165. The van der Waals surface area contributed by atoms with Crippen molar-refractivity contribution in [3.63, 3.8) is 0 Å². The molecule has 0 atom stereocenters. The van der Waals surface area contributed by atoms with Crippen molar-refractivity contribution in [3.05, 3.63) is 120 Å². The van der Waals surface area contributed by atoms with Crippen molar-refractivity contribution < 1.29 is 17.9 Å². The number of nitrogens with zero attached hydrogens (tertiary/aromatic N) is 1. The SMILES string of the molecule is CS(=O)(=O)N(Cc1ccc(C(=O)Nc2ccccc2Oc2ccccc2)cc1)c1ccccc1. The second-order valence-corrected chi connectivity index (χ2v) is 9.57. The molecule has 0 bridgehead atoms. The van der Waals surface area contributed by atoms with Crippen molar-refractivity contribution in [2.24, 2.45) is 0 Å². The summed E-state index contributed by atoms with van der Waals surface area (Å²) < 4.78 is 31.9. The van der Waals surface area contributed by atoms with Crippen LogP contribution >= 0.6 is 0 Å². The summed E-state index contributed by atoms with van der Waals surface area (Å²) in [5.41, 5.74) is 2.34. The van der Waals surface area contributed by atoms with Gasteiger partial charge in [-0.05, 0) is 54.1 Å². The van der Waals surface area contributed by atoms with E-state index in [1.165, 1.54) is 10.6 Å². The van der Waals surface area contributed by atoms with Gasteiger partial charge in [-0.1, -0.05) is 60.7 Å². The number of sulfonamides is 1. The molecule has 0 aliphatic carbocycles. The molecule has 172 valence electrons. The van der Waals surface area contributed by atoms with E-state index in [-0.39, 0.29) is 12.5 Å². The van der Waals surface area contributed by atoms with E-state index >= 15 is 0 Å². The van der Waals surface area contributed by atoms with E-state index in [2.05, 4.69) is 5.32 Å². The third-order valence-corrected chi connectivity index (χ3v) is 6.23. The molecular weight excluding hydrogens is 448 g/mol. The van der Waals surface area contributed by atoms with E-state index in [0.717, 1.165) is 5.56 Å². The molecule has 0 aliphatic rings. The van der Waals surface area contributed by atoms with E-state index in [4.69, 9.17) is 4.74 Å². The van der Waals surface area contributed by atoms with Gasteiger partial charge in [0.05, 0.1) is 24.2 Å². The number of carbonyl (C=O) groups is 1. The van der Waals surface area contributed by atoms with Crippen molar-refractivity contribution in [1.82, 2.24) is 0 Å². The highest BCUT2D eigenvalue weighted by Gasteiger charge is 2.18. The number of rotatable bonds is 8. The van der Waals surface area contributed by atoms with Gasteiger partial charge in [-0.3, -0.25) is 9.10 Å². The summed E-state index contributed by atoms with van der Waals surface area (Å²) in [6, 6.07) is 32.3. The fourth-order valence-electron chi connectivity index (χ4n) is 3.39. The van der Waals surface area contributed by atoms with E-state index in [9.17, 15) is 13.2 Å². The molecule has 34 heavy (non-hydrogen) atoms. The Morgan fingerprint density at radius 3 is 2.03 bits per heavy atom. The molecule has 4 aromatic rings. The zero-order valence-corrected chi connectivity index (χ0v) is 19.4. The van der Waals surface area contributed by atoms with Crippen LogP contribution in [-0.2, 0) is 16.6 Å². The normalized spacial score (nSPS) is 11.0. The van der Waals surface area contributed by atoms with E-state index in [1.54, 1.807) is 60.7 Å². The molecule has 0 aliphatic heterocycles. The second-order valence-electron chi connectivity index (χ2n) is 7.67. The summed E-state index contributed by atoms with van der Waals surface area (Å²) in [5, 5.41) is 2.89. The number of ether oxygens (including phenoxy) is 1. The van der Waals surface area contributed by atoms with Crippen molar-refractivity contribution in [2.45, 2.75) is 6.54 Å². The van der Waals surface area contributed by atoms with Crippen LogP contribution in [0.1, 0.15) is 15.9 Å². The van der Waals surface area contributed by atoms with Crippen LogP contribution in [0.5, 0.6) is 11.5 Å². The second kappa shape index (κ2) is 10.2. The van der Waals surface area contributed by atoms with Crippen LogP contribution in [0.3, 0.4) is 0 Å². The Bertz CT molecular complexity index is 1360. The summed E-state index contributed by atoms with van der Waals surface area (Å²) in [6.07, 6.45) is 1.18. The minimum atomic E-state index is -3.47. The van der Waals surface area contributed by atoms with Gasteiger partial charge in [-0.15, -0.1) is 0 Å². The van der Waals surface area contributed by atoms with Crippen molar-refractivity contribution >= 4 is 27.3 Å². The average molecular weight is 473 g/mol. The van der Waals surface area contributed by atoms with E-state index in [0.29, 0.717) is 28.4 Å². The van der Waals surface area contributed by atoms with Gasteiger partial charge in [0.25, 0.3) is 5.91 Å². The molecule has 0 heterocycles. The molecule has 0 fully saturated rings. The van der Waals surface area contributed by atoms with Crippen LogP contribution < -0.4 is 14.4 Å². The first-order valence-electron chi connectivity index (χ1n) is 10.7. The number of anilines is 2. The Morgan fingerprint density at radius 2 is 1.38 bits per heavy atom. The maximum Gasteiger partial charge on any atom is 0.255 e. The smallest absolute Gasteiger partial charge is 0.255 e. The number of hydrogen-bond acceptors (Lipinski definition) is 4. The lowest BCUT2D eigenvalue weighted by molar-refractivity contribution is 0.102. The molecule has 0 saturated carbocycles. The fraction of sp³-hybridized carbons (Fsp3) is 0.0741. The third kappa shape index (κ3) is 5.82. The highest BCUT2D eigenvalue weighted by Crippen LogP contribution is 2.29. The number of hydrogen-bond donors (Lipinski definition) is 1. The van der Waals surface area contributed by atoms with Gasteiger partial charge < -0.3 is 10.1 Å². The van der Waals surface area contributed by atoms with Gasteiger partial charge in [0, 0.05) is 5.56 Å². The topological polar surface area (TPSA) is 75.7 Å². The molecule has 4 aromatic carbocycles. The first-order chi connectivity index (χ1) is 16.4. The summed E-state index contributed by atoms with van der Waals surface area (Å²) in [4.78, 5) is 12.9. The standard InChI is InChI=1S/C27H24N2O4S/c1-34(31,32)29(23-10-4-2-5-11-23)20-21-16-18-22(19-17-21)27(30)28-25-14-8-9-15-26(25)33-24-12-6-3-7-13-24/h2-19H,20H2,1H3,(H,28,30). The Morgan fingerprint density at radius 1 is 0.794 bits per heavy atom. The van der Waals surface area contributed by atoms with Crippen LogP contribution in [0.4, 0.5) is 11.4 Å². The van der Waals surface area contributed by atoms with Crippen molar-refractivity contribution in [3.8, 4) is 11.5 Å². The van der Waals surface area contributed by atoms with Gasteiger partial charge in [0.1, 0.15) is 5.75 Å². The van der Waals surface area contributed by atoms with Gasteiger partial charge in [0.2, 0.25) is 10.0 Å². The largest absolute Gasteiger partial charge is 0.455 e. The lowest BCUT2D eigenvalue weighted by atomic mass is 10.1. The minimum Gasteiger partial charge on any atom is -0.455 e.